The smallest absolute Gasteiger partial charge is 0.409 e. The number of nitrogens with two attached hydrogens (primary N) is 1. The number of methoxy groups -OCH3 is 1. The molecule has 4 rings (SSSR count). The molecule has 0 radical (unpaired) electrons. The van der Waals surface area contributed by atoms with Gasteiger partial charge >= 0.3 is 6.09 Å². The molecule has 1 saturated heterocycles. The molecule has 11 heteroatoms. The Hall–Kier alpha value is -4.09. The summed E-state index contributed by atoms with van der Waals surface area (Å²) in [6.07, 6.45) is 1.33. The van der Waals surface area contributed by atoms with E-state index < -0.39 is 5.60 Å². The van der Waals surface area contributed by atoms with Crippen molar-refractivity contribution in [3.63, 3.8) is 0 Å². The zero-order valence-electron chi connectivity index (χ0n) is 21.5. The maximum Gasteiger partial charge on any atom is 0.409 e. The Kier molecular flexibility index (Phi) is 7.65. The first-order chi connectivity index (χ1) is 17.6. The Morgan fingerprint density at radius 3 is 2.43 bits per heavy atom. The van der Waals surface area contributed by atoms with Crippen LogP contribution in [-0.2, 0) is 10.3 Å². The van der Waals surface area contributed by atoms with Crippen molar-refractivity contribution in [1.29, 1.82) is 5.41 Å². The number of nitrogens with one attached hydrogen (secondary N) is 2. The van der Waals surface area contributed by atoms with E-state index >= 15 is 0 Å². The summed E-state index contributed by atoms with van der Waals surface area (Å²) < 4.78 is 4.80. The van der Waals surface area contributed by atoms with Gasteiger partial charge < -0.3 is 30.4 Å². The maximum absolute atomic E-state index is 11.7. The zero-order chi connectivity index (χ0) is 26.6. The van der Waals surface area contributed by atoms with E-state index in [0.29, 0.717) is 47.6 Å². The standard InChI is InChI=1S/C26H32N8O3/c1-17(27)20-16-28-24(32-23(20)31-22-7-5-6-21(30-22)26(2,3)36)29-18-8-10-19(11-9-18)33-12-14-34(15-13-33)25(35)37-4/h5-11,16,27,36H,12-15H2,1-4H3,(H2,28,29,30,31,32)/p+1. The molecular weight excluding hydrogens is 472 g/mol. The fourth-order valence-corrected chi connectivity index (χ4v) is 4.03. The largest absolute Gasteiger partial charge is 0.453 e. The molecule has 0 atom stereocenters. The fourth-order valence-electron chi connectivity index (χ4n) is 4.03. The molecule has 0 aliphatic carbocycles. The van der Waals surface area contributed by atoms with Gasteiger partial charge in [-0.2, -0.15) is 9.97 Å². The van der Waals surface area contributed by atoms with Crippen molar-refractivity contribution in [3.05, 3.63) is 59.9 Å². The topological polar surface area (TPSA) is 144 Å². The van der Waals surface area contributed by atoms with Crippen LogP contribution in [0.15, 0.2) is 48.7 Å². The van der Waals surface area contributed by atoms with Gasteiger partial charge in [0.25, 0.3) is 0 Å². The molecule has 11 nitrogen and oxygen atoms in total. The van der Waals surface area contributed by atoms with E-state index in [2.05, 4.69) is 25.2 Å². The number of pyridine rings is 1. The monoisotopic (exact) mass is 505 g/mol. The summed E-state index contributed by atoms with van der Waals surface area (Å²) in [5.41, 5.74) is 2.31. The molecule has 0 bridgehead atoms. The van der Waals surface area contributed by atoms with Gasteiger partial charge in [-0.05, 0) is 51.1 Å². The van der Waals surface area contributed by atoms with Gasteiger partial charge in [0.2, 0.25) is 17.6 Å². The van der Waals surface area contributed by atoms with Crippen LogP contribution in [0.3, 0.4) is 0 Å². The van der Waals surface area contributed by atoms with E-state index in [9.17, 15) is 9.90 Å². The number of anilines is 3. The average Bonchev–Trinajstić information content (AvgIpc) is 2.88. The van der Waals surface area contributed by atoms with Crippen LogP contribution < -0.4 is 15.5 Å². The van der Waals surface area contributed by atoms with Crippen molar-refractivity contribution < 1.29 is 20.0 Å². The van der Waals surface area contributed by atoms with E-state index in [4.69, 9.17) is 10.1 Å². The van der Waals surface area contributed by atoms with Crippen LogP contribution in [0.4, 0.5) is 33.8 Å². The summed E-state index contributed by atoms with van der Waals surface area (Å²) >= 11 is 0. The summed E-state index contributed by atoms with van der Waals surface area (Å²) in [4.78, 5) is 29.2. The van der Waals surface area contributed by atoms with E-state index in [1.165, 1.54) is 7.11 Å². The Bertz CT molecular complexity index is 1270. The Morgan fingerprint density at radius 2 is 1.81 bits per heavy atom. The lowest BCUT2D eigenvalue weighted by Gasteiger charge is -2.35. The van der Waals surface area contributed by atoms with Crippen LogP contribution in [0.1, 0.15) is 32.0 Å². The molecule has 2 aromatic heterocycles. The minimum Gasteiger partial charge on any atom is -0.453 e. The maximum atomic E-state index is 11.7. The van der Waals surface area contributed by atoms with Crippen LogP contribution in [-0.4, -0.2) is 70.1 Å². The lowest BCUT2D eigenvalue weighted by molar-refractivity contribution is -0.487. The van der Waals surface area contributed by atoms with Crippen molar-refractivity contribution in [2.75, 3.05) is 43.5 Å². The van der Waals surface area contributed by atoms with Gasteiger partial charge in [-0.3, -0.25) is 0 Å². The summed E-state index contributed by atoms with van der Waals surface area (Å²) in [6, 6.07) is 13.4. The lowest BCUT2D eigenvalue weighted by atomic mass is 10.1. The minimum absolute atomic E-state index is 0.291. The molecule has 0 saturated carbocycles. The van der Waals surface area contributed by atoms with Crippen molar-refractivity contribution in [2.24, 2.45) is 0 Å². The number of hydrogen-bond donors (Lipinski definition) is 4. The molecule has 1 aliphatic rings. The number of ether oxygens (including phenoxy) is 1. The number of amides is 1. The highest BCUT2D eigenvalue weighted by Crippen LogP contribution is 2.22. The van der Waals surface area contributed by atoms with Crippen LogP contribution in [0.2, 0.25) is 0 Å². The minimum atomic E-state index is -1.07. The fraction of sp³-hybridized carbons (Fsp3) is 0.346. The summed E-state index contributed by atoms with van der Waals surface area (Å²) in [5.74, 6) is 1.59. The highest BCUT2D eigenvalue weighted by molar-refractivity contribution is 5.99. The number of aromatic nitrogens is 3. The van der Waals surface area contributed by atoms with Gasteiger partial charge in [-0.1, -0.05) is 6.07 Å². The number of nitrogens with zero attached hydrogens (tertiary/aromatic N) is 5. The van der Waals surface area contributed by atoms with Crippen LogP contribution in [0, 0.1) is 5.41 Å². The third-order valence-corrected chi connectivity index (χ3v) is 6.11. The number of hydrogen-bond acceptors (Lipinski definition) is 9. The van der Waals surface area contributed by atoms with Gasteiger partial charge in [0.1, 0.15) is 5.60 Å². The van der Waals surface area contributed by atoms with Crippen molar-refractivity contribution >= 4 is 40.8 Å². The van der Waals surface area contributed by atoms with Crippen molar-refractivity contribution in [2.45, 2.75) is 26.4 Å². The molecule has 1 aromatic carbocycles. The second kappa shape index (κ2) is 10.9. The first-order valence-electron chi connectivity index (χ1n) is 12.1. The van der Waals surface area contributed by atoms with Gasteiger partial charge in [0.05, 0.1) is 18.4 Å². The summed E-state index contributed by atoms with van der Waals surface area (Å²) in [7, 11) is 1.40. The van der Waals surface area contributed by atoms with Gasteiger partial charge in [0.15, 0.2) is 0 Å². The van der Waals surface area contributed by atoms with E-state index in [1.54, 1.807) is 43.3 Å². The molecule has 0 unspecified atom stereocenters. The number of aliphatic hydroxyl groups is 1. The van der Waals surface area contributed by atoms with Gasteiger partial charge in [0, 0.05) is 55.5 Å². The molecule has 1 fully saturated rings. The molecule has 194 valence electrons. The summed E-state index contributed by atoms with van der Waals surface area (Å²) in [6.45, 7) is 7.76. The second-order valence-electron chi connectivity index (χ2n) is 9.38. The second-order valence-corrected chi connectivity index (χ2v) is 9.38. The van der Waals surface area contributed by atoms with E-state index in [1.807, 2.05) is 36.4 Å². The quantitative estimate of drug-likeness (QED) is 0.359. The Labute approximate surface area is 216 Å². The molecule has 3 aromatic rings. The van der Waals surface area contributed by atoms with Gasteiger partial charge in [-0.15, -0.1) is 0 Å². The molecule has 3 heterocycles. The first-order valence-corrected chi connectivity index (χ1v) is 12.1. The molecule has 0 spiro atoms. The lowest BCUT2D eigenvalue weighted by Crippen LogP contribution is -2.73. The normalized spacial score (nSPS) is 13.9. The number of rotatable bonds is 7. The van der Waals surface area contributed by atoms with E-state index in [0.717, 1.165) is 24.5 Å². The number of benzene rings is 1. The number of piperazine rings is 1. The van der Waals surface area contributed by atoms with E-state index in [-0.39, 0.29) is 6.09 Å². The third kappa shape index (κ3) is 6.38. The number of carbonyl (C=O) groups excluding carboxylic acids is 1. The molecule has 37 heavy (non-hydrogen) atoms. The SMILES string of the molecule is COC(=O)N1CCN(c2ccc(Nc3ncc(C(C)=N)c([NH2+]c4cccc(C(C)(C)O)n4)n3)cc2)CC1. The summed E-state index contributed by atoms with van der Waals surface area (Å²) in [5, 5.41) is 23.5. The highest BCUT2D eigenvalue weighted by atomic mass is 16.5. The first kappa shape index (κ1) is 26.0. The highest BCUT2D eigenvalue weighted by Gasteiger charge is 2.22. The van der Waals surface area contributed by atoms with Gasteiger partial charge in [-0.25, -0.2) is 15.1 Å². The van der Waals surface area contributed by atoms with Crippen LogP contribution in [0.5, 0.6) is 0 Å². The molecule has 5 N–H and O–H groups in total. The third-order valence-electron chi connectivity index (χ3n) is 6.11. The van der Waals surface area contributed by atoms with Crippen LogP contribution in [0.25, 0.3) is 0 Å². The number of carbonyl (C=O) groups is 1. The Balaban J connectivity index is 1.47. The zero-order valence-corrected chi connectivity index (χ0v) is 21.5. The molecule has 1 amide bonds. The van der Waals surface area contributed by atoms with Crippen molar-refractivity contribution in [3.8, 4) is 0 Å². The average molecular weight is 506 g/mol. The van der Waals surface area contributed by atoms with Crippen molar-refractivity contribution in [1.82, 2.24) is 19.9 Å². The number of quaternary nitrogens is 1. The van der Waals surface area contributed by atoms with Crippen LogP contribution >= 0.6 is 0 Å². The Morgan fingerprint density at radius 1 is 1.11 bits per heavy atom. The molecular formula is C26H33N8O3+. The predicted octanol–water partition coefficient (Wildman–Crippen LogP) is 2.65. The predicted molar refractivity (Wildman–Crippen MR) is 141 cm³/mol. The molecule has 1 aliphatic heterocycles.